The standard InChI is InChI=1S/C63H106O6/c1-4-7-10-13-16-19-22-25-28-30-31-33-35-38-41-44-47-50-53-56-62(65)68-59-60(58-67-61(64)55-52-49-46-43-40-37-34-27-24-21-18-15-12-9-6-3)69-63(66)57-54-51-48-45-42-39-36-32-29-26-23-20-17-14-11-8-5-2/h16-17,19-20,25-26,28-29,31,33,36,38-39,41,47,50,60H,4-15,18,21-24,27,30,32,34-35,37,40,42-46,48-49,51-59H2,1-3H3/b19-16-,20-17-,28-25-,29-26-,33-31-,39-36-,41-38-,50-47-/t60-/m0/s1. The van der Waals surface area contributed by atoms with Gasteiger partial charge in [0.15, 0.2) is 6.10 Å². The van der Waals surface area contributed by atoms with Gasteiger partial charge in [0, 0.05) is 19.3 Å². The fourth-order valence-electron chi connectivity index (χ4n) is 7.73. The van der Waals surface area contributed by atoms with Crippen LogP contribution in [0.4, 0.5) is 0 Å². The van der Waals surface area contributed by atoms with Gasteiger partial charge in [0.05, 0.1) is 0 Å². The molecule has 0 saturated carbocycles. The number of allylic oxidation sites excluding steroid dienone is 16. The van der Waals surface area contributed by atoms with Gasteiger partial charge in [0.25, 0.3) is 0 Å². The van der Waals surface area contributed by atoms with Gasteiger partial charge >= 0.3 is 17.9 Å². The van der Waals surface area contributed by atoms with Crippen LogP contribution in [0, 0.1) is 0 Å². The van der Waals surface area contributed by atoms with E-state index in [2.05, 4.69) is 112 Å². The molecule has 0 aliphatic carbocycles. The van der Waals surface area contributed by atoms with E-state index in [1.54, 1.807) is 0 Å². The van der Waals surface area contributed by atoms with Crippen LogP contribution >= 0.6 is 0 Å². The highest BCUT2D eigenvalue weighted by atomic mass is 16.6. The molecule has 0 bridgehead atoms. The summed E-state index contributed by atoms with van der Waals surface area (Å²) >= 11 is 0. The Morgan fingerprint density at radius 2 is 0.551 bits per heavy atom. The number of hydrogen-bond acceptors (Lipinski definition) is 6. The van der Waals surface area contributed by atoms with Gasteiger partial charge < -0.3 is 14.2 Å². The van der Waals surface area contributed by atoms with Crippen molar-refractivity contribution in [2.75, 3.05) is 13.2 Å². The topological polar surface area (TPSA) is 78.9 Å². The third kappa shape index (κ3) is 55.1. The summed E-state index contributed by atoms with van der Waals surface area (Å²) < 4.78 is 16.8. The van der Waals surface area contributed by atoms with Crippen molar-refractivity contribution >= 4 is 17.9 Å². The first-order chi connectivity index (χ1) is 34.0. The van der Waals surface area contributed by atoms with Crippen LogP contribution in [0.25, 0.3) is 0 Å². The lowest BCUT2D eigenvalue weighted by molar-refractivity contribution is -0.166. The van der Waals surface area contributed by atoms with Gasteiger partial charge in [-0.25, -0.2) is 0 Å². The maximum Gasteiger partial charge on any atom is 0.306 e. The zero-order valence-corrected chi connectivity index (χ0v) is 45.0. The number of ether oxygens (including phenoxy) is 3. The summed E-state index contributed by atoms with van der Waals surface area (Å²) in [6, 6.07) is 0. The minimum Gasteiger partial charge on any atom is -0.462 e. The smallest absolute Gasteiger partial charge is 0.306 e. The average Bonchev–Trinajstić information content (AvgIpc) is 3.35. The van der Waals surface area contributed by atoms with Crippen LogP contribution in [0.5, 0.6) is 0 Å². The summed E-state index contributed by atoms with van der Waals surface area (Å²) in [5.41, 5.74) is 0. The van der Waals surface area contributed by atoms with Crippen molar-refractivity contribution in [3.8, 4) is 0 Å². The summed E-state index contributed by atoms with van der Waals surface area (Å²) in [6.07, 6.45) is 75.4. The van der Waals surface area contributed by atoms with Crippen molar-refractivity contribution in [2.45, 2.75) is 271 Å². The normalized spacial score (nSPS) is 12.8. The van der Waals surface area contributed by atoms with E-state index in [9.17, 15) is 14.4 Å². The predicted octanol–water partition coefficient (Wildman–Crippen LogP) is 19.3. The van der Waals surface area contributed by atoms with Crippen LogP contribution in [0.2, 0.25) is 0 Å². The second-order valence-corrected chi connectivity index (χ2v) is 18.8. The highest BCUT2D eigenvalue weighted by Gasteiger charge is 2.19. The van der Waals surface area contributed by atoms with Crippen LogP contribution in [0.15, 0.2) is 97.2 Å². The first-order valence-corrected chi connectivity index (χ1v) is 28.7. The van der Waals surface area contributed by atoms with Gasteiger partial charge in [-0.15, -0.1) is 0 Å². The minimum absolute atomic E-state index is 0.108. The molecule has 0 rings (SSSR count). The Kier molecular flexibility index (Phi) is 53.9. The van der Waals surface area contributed by atoms with Crippen molar-refractivity contribution in [3.05, 3.63) is 97.2 Å². The Bertz CT molecular complexity index is 1380. The molecule has 394 valence electrons. The summed E-state index contributed by atoms with van der Waals surface area (Å²) in [7, 11) is 0. The average molecular weight is 960 g/mol. The van der Waals surface area contributed by atoms with Gasteiger partial charge in [-0.2, -0.15) is 0 Å². The van der Waals surface area contributed by atoms with E-state index in [-0.39, 0.29) is 44.0 Å². The van der Waals surface area contributed by atoms with Crippen LogP contribution < -0.4 is 0 Å². The third-order valence-electron chi connectivity index (χ3n) is 12.1. The van der Waals surface area contributed by atoms with E-state index in [1.807, 2.05) is 6.08 Å². The lowest BCUT2D eigenvalue weighted by Crippen LogP contribution is -2.30. The van der Waals surface area contributed by atoms with E-state index in [4.69, 9.17) is 14.2 Å². The number of unbranched alkanes of at least 4 members (excludes halogenated alkanes) is 24. The first-order valence-electron chi connectivity index (χ1n) is 28.7. The molecule has 69 heavy (non-hydrogen) atoms. The quantitative estimate of drug-likeness (QED) is 0.0262. The molecule has 0 saturated heterocycles. The molecule has 0 amide bonds. The Hall–Kier alpha value is -3.67. The van der Waals surface area contributed by atoms with Gasteiger partial charge in [-0.3, -0.25) is 14.4 Å². The van der Waals surface area contributed by atoms with Crippen LogP contribution in [0.1, 0.15) is 265 Å². The molecule has 0 unspecified atom stereocenters. The maximum atomic E-state index is 12.8. The monoisotopic (exact) mass is 959 g/mol. The zero-order valence-electron chi connectivity index (χ0n) is 45.0. The van der Waals surface area contributed by atoms with Crippen molar-refractivity contribution in [2.24, 2.45) is 0 Å². The van der Waals surface area contributed by atoms with Crippen molar-refractivity contribution < 1.29 is 28.6 Å². The molecule has 0 aromatic heterocycles. The molecule has 0 N–H and O–H groups in total. The van der Waals surface area contributed by atoms with Crippen LogP contribution in [0.3, 0.4) is 0 Å². The number of hydrogen-bond donors (Lipinski definition) is 0. The lowest BCUT2D eigenvalue weighted by atomic mass is 10.0. The third-order valence-corrected chi connectivity index (χ3v) is 12.1. The highest BCUT2D eigenvalue weighted by Crippen LogP contribution is 2.15. The fourth-order valence-corrected chi connectivity index (χ4v) is 7.73. The van der Waals surface area contributed by atoms with E-state index in [0.29, 0.717) is 12.8 Å². The van der Waals surface area contributed by atoms with Gasteiger partial charge in [0.2, 0.25) is 0 Å². The van der Waals surface area contributed by atoms with E-state index < -0.39 is 6.10 Å². The van der Waals surface area contributed by atoms with E-state index in [1.165, 1.54) is 128 Å². The van der Waals surface area contributed by atoms with Crippen molar-refractivity contribution in [1.82, 2.24) is 0 Å². The molecule has 0 aromatic rings. The molecule has 0 aromatic carbocycles. The van der Waals surface area contributed by atoms with Gasteiger partial charge in [-0.05, 0) is 96.3 Å². The lowest BCUT2D eigenvalue weighted by Gasteiger charge is -2.18. The molecule has 0 aliphatic heterocycles. The number of carbonyl (C=O) groups is 3. The first kappa shape index (κ1) is 65.3. The molecule has 0 aliphatic rings. The van der Waals surface area contributed by atoms with Crippen LogP contribution in [-0.4, -0.2) is 37.2 Å². The number of esters is 3. The van der Waals surface area contributed by atoms with Crippen molar-refractivity contribution in [3.63, 3.8) is 0 Å². The predicted molar refractivity (Wildman–Crippen MR) is 297 cm³/mol. The Morgan fingerprint density at radius 1 is 0.290 bits per heavy atom. The second kappa shape index (κ2) is 56.9. The summed E-state index contributed by atoms with van der Waals surface area (Å²) in [5, 5.41) is 0. The maximum absolute atomic E-state index is 12.8. The fraction of sp³-hybridized carbons (Fsp3) is 0.698. The second-order valence-electron chi connectivity index (χ2n) is 18.8. The molecule has 0 fully saturated rings. The minimum atomic E-state index is -0.819. The van der Waals surface area contributed by atoms with Crippen molar-refractivity contribution in [1.29, 1.82) is 0 Å². The molecule has 0 spiro atoms. The number of rotatable bonds is 51. The molecular weight excluding hydrogens is 853 g/mol. The van der Waals surface area contributed by atoms with Crippen LogP contribution in [-0.2, 0) is 28.6 Å². The molecule has 6 heteroatoms. The largest absolute Gasteiger partial charge is 0.462 e. The summed E-state index contributed by atoms with van der Waals surface area (Å²) in [4.78, 5) is 38.1. The highest BCUT2D eigenvalue weighted by molar-refractivity contribution is 5.71. The molecule has 6 nitrogen and oxygen atoms in total. The molecule has 0 heterocycles. The zero-order chi connectivity index (χ0) is 50.0. The Balaban J connectivity index is 4.53. The summed E-state index contributed by atoms with van der Waals surface area (Å²) in [6.45, 7) is 6.51. The molecule has 1 atom stereocenters. The molecular formula is C63H106O6. The van der Waals surface area contributed by atoms with E-state index >= 15 is 0 Å². The Labute approximate surface area is 426 Å². The molecule has 0 radical (unpaired) electrons. The number of carbonyl (C=O) groups excluding carboxylic acids is 3. The van der Waals surface area contributed by atoms with Gasteiger partial charge in [0.1, 0.15) is 13.2 Å². The summed E-state index contributed by atoms with van der Waals surface area (Å²) in [5.74, 6) is -1.01. The Morgan fingerprint density at radius 3 is 0.928 bits per heavy atom. The SMILES string of the molecule is CCCCC/C=C\C/C=C\C/C=C\C/C=C\C/C=C\CCC(=O)OC[C@H](COC(=O)CCCCCCCCCCCCCCCCC)OC(=O)CCCCCC/C=C\C/C=C\C/C=C\CCCCC. The van der Waals surface area contributed by atoms with Gasteiger partial charge in [-0.1, -0.05) is 246 Å². The van der Waals surface area contributed by atoms with E-state index in [0.717, 1.165) is 89.9 Å².